The maximum absolute atomic E-state index is 13.4. The lowest BCUT2D eigenvalue weighted by atomic mass is 9.90. The number of aromatic nitrogens is 2. The SMILES string of the molecule is CC1CCN(c2ncccc2C(=O)NS(=O)(=O)c2cccc(OCc3ccc(F)c(F)c3)n2)C1(C)C. The van der Waals surface area contributed by atoms with Gasteiger partial charge in [0.25, 0.3) is 15.9 Å². The van der Waals surface area contributed by atoms with Gasteiger partial charge in [-0.25, -0.2) is 18.5 Å². The maximum atomic E-state index is 13.4. The Hall–Kier alpha value is -3.60. The third-order valence-electron chi connectivity index (χ3n) is 6.55. The van der Waals surface area contributed by atoms with Crippen LogP contribution in [0.15, 0.2) is 59.8 Å². The number of carbonyl (C=O) groups excluding carboxylic acids is 1. The first-order valence-electron chi connectivity index (χ1n) is 11.3. The minimum atomic E-state index is -4.35. The van der Waals surface area contributed by atoms with Crippen molar-refractivity contribution in [2.24, 2.45) is 5.92 Å². The van der Waals surface area contributed by atoms with Gasteiger partial charge in [-0.2, -0.15) is 13.4 Å². The van der Waals surface area contributed by atoms with Crippen LogP contribution < -0.4 is 14.4 Å². The first-order valence-corrected chi connectivity index (χ1v) is 12.8. The fraction of sp³-hybridized carbons (Fsp3) is 0.320. The van der Waals surface area contributed by atoms with E-state index in [0.717, 1.165) is 18.6 Å². The molecule has 1 aliphatic heterocycles. The van der Waals surface area contributed by atoms with Crippen LogP contribution in [0.5, 0.6) is 5.88 Å². The van der Waals surface area contributed by atoms with Crippen molar-refractivity contribution in [1.82, 2.24) is 14.7 Å². The highest BCUT2D eigenvalue weighted by molar-refractivity contribution is 7.90. The summed E-state index contributed by atoms with van der Waals surface area (Å²) in [6.45, 7) is 6.78. The fourth-order valence-corrected chi connectivity index (χ4v) is 4.97. The van der Waals surface area contributed by atoms with Gasteiger partial charge in [0.1, 0.15) is 12.4 Å². The monoisotopic (exact) mass is 516 g/mol. The molecule has 0 aliphatic carbocycles. The maximum Gasteiger partial charge on any atom is 0.281 e. The Labute approximate surface area is 208 Å². The van der Waals surface area contributed by atoms with Crippen molar-refractivity contribution in [3.05, 3.63) is 77.5 Å². The first-order chi connectivity index (χ1) is 17.0. The molecule has 1 unspecified atom stereocenters. The molecule has 1 fully saturated rings. The average molecular weight is 517 g/mol. The molecule has 36 heavy (non-hydrogen) atoms. The van der Waals surface area contributed by atoms with E-state index in [1.165, 1.54) is 30.3 Å². The van der Waals surface area contributed by atoms with Gasteiger partial charge in [-0.15, -0.1) is 0 Å². The summed E-state index contributed by atoms with van der Waals surface area (Å²) in [4.78, 5) is 23.4. The largest absolute Gasteiger partial charge is 0.473 e. The number of rotatable bonds is 7. The number of ether oxygens (including phenoxy) is 1. The summed E-state index contributed by atoms with van der Waals surface area (Å²) in [5, 5.41) is -0.431. The molecule has 11 heteroatoms. The lowest BCUT2D eigenvalue weighted by molar-refractivity contribution is 0.0981. The van der Waals surface area contributed by atoms with Gasteiger partial charge in [-0.05, 0) is 62.1 Å². The van der Waals surface area contributed by atoms with Crippen LogP contribution in [0.1, 0.15) is 43.1 Å². The second-order valence-corrected chi connectivity index (χ2v) is 10.8. The van der Waals surface area contributed by atoms with E-state index < -0.39 is 32.6 Å². The number of amides is 1. The summed E-state index contributed by atoms with van der Waals surface area (Å²) in [6, 6.07) is 10.4. The van der Waals surface area contributed by atoms with Crippen molar-refractivity contribution in [2.75, 3.05) is 11.4 Å². The number of nitrogens with one attached hydrogen (secondary N) is 1. The summed E-state index contributed by atoms with van der Waals surface area (Å²) in [7, 11) is -4.35. The smallest absolute Gasteiger partial charge is 0.281 e. The van der Waals surface area contributed by atoms with Crippen molar-refractivity contribution in [3.8, 4) is 5.88 Å². The average Bonchev–Trinajstić information content (AvgIpc) is 3.11. The summed E-state index contributed by atoms with van der Waals surface area (Å²) in [5.41, 5.74) is 0.206. The number of anilines is 1. The van der Waals surface area contributed by atoms with E-state index >= 15 is 0 Å². The van der Waals surface area contributed by atoms with E-state index in [0.29, 0.717) is 23.8 Å². The molecule has 190 valence electrons. The van der Waals surface area contributed by atoms with E-state index in [4.69, 9.17) is 4.74 Å². The van der Waals surface area contributed by atoms with Gasteiger partial charge in [-0.1, -0.05) is 19.1 Å². The Morgan fingerprint density at radius 3 is 2.64 bits per heavy atom. The standard InChI is InChI=1S/C25H26F2N4O4S/c1-16-11-13-31(25(16,2)3)23-18(6-5-12-28-23)24(32)30-36(33,34)22-8-4-7-21(29-22)35-15-17-9-10-19(26)20(27)14-17/h4-10,12,14,16H,11,13,15H2,1-3H3,(H,30,32). The number of hydrogen-bond acceptors (Lipinski definition) is 7. The number of benzene rings is 1. The molecule has 3 aromatic rings. The highest BCUT2D eigenvalue weighted by Gasteiger charge is 2.40. The Morgan fingerprint density at radius 2 is 1.94 bits per heavy atom. The third kappa shape index (κ3) is 5.15. The van der Waals surface area contributed by atoms with Gasteiger partial charge >= 0.3 is 0 Å². The Balaban J connectivity index is 1.52. The number of hydrogen-bond donors (Lipinski definition) is 1. The van der Waals surface area contributed by atoms with E-state index in [9.17, 15) is 22.0 Å². The molecular formula is C25H26F2N4O4S. The molecule has 4 rings (SSSR count). The Kier molecular flexibility index (Phi) is 6.94. The number of sulfonamides is 1. The van der Waals surface area contributed by atoms with Crippen LogP contribution in [0.2, 0.25) is 0 Å². The first kappa shape index (κ1) is 25.5. The molecule has 1 saturated heterocycles. The number of nitrogens with zero attached hydrogens (tertiary/aromatic N) is 3. The van der Waals surface area contributed by atoms with Crippen molar-refractivity contribution < 1.29 is 26.7 Å². The van der Waals surface area contributed by atoms with Crippen LogP contribution in [0.4, 0.5) is 14.6 Å². The molecule has 1 N–H and O–H groups in total. The van der Waals surface area contributed by atoms with Crippen LogP contribution in [0.3, 0.4) is 0 Å². The molecule has 0 bridgehead atoms. The summed E-state index contributed by atoms with van der Waals surface area (Å²) in [5.74, 6) is -2.13. The van der Waals surface area contributed by atoms with Crippen LogP contribution >= 0.6 is 0 Å². The van der Waals surface area contributed by atoms with Gasteiger partial charge in [0.2, 0.25) is 5.88 Å². The van der Waals surface area contributed by atoms with Crippen molar-refractivity contribution in [1.29, 1.82) is 0 Å². The molecule has 2 aromatic heterocycles. The van der Waals surface area contributed by atoms with E-state index in [1.54, 1.807) is 12.3 Å². The minimum absolute atomic E-state index is 0.0649. The molecular weight excluding hydrogens is 490 g/mol. The van der Waals surface area contributed by atoms with E-state index in [2.05, 4.69) is 35.5 Å². The molecule has 0 radical (unpaired) electrons. The lowest BCUT2D eigenvalue weighted by Crippen LogP contribution is -2.43. The van der Waals surface area contributed by atoms with Crippen LogP contribution in [-0.2, 0) is 16.6 Å². The fourth-order valence-electron chi connectivity index (χ4n) is 4.04. The number of halogens is 2. The van der Waals surface area contributed by atoms with Crippen LogP contribution in [0.25, 0.3) is 0 Å². The quantitative estimate of drug-likeness (QED) is 0.505. The predicted molar refractivity (Wildman–Crippen MR) is 129 cm³/mol. The van der Waals surface area contributed by atoms with Crippen molar-refractivity contribution >= 4 is 21.7 Å². The molecule has 1 aliphatic rings. The van der Waals surface area contributed by atoms with Crippen molar-refractivity contribution in [3.63, 3.8) is 0 Å². The third-order valence-corrected chi connectivity index (χ3v) is 7.78. The van der Waals surface area contributed by atoms with E-state index in [-0.39, 0.29) is 23.6 Å². The van der Waals surface area contributed by atoms with E-state index in [1.807, 2.05) is 4.90 Å². The highest BCUT2D eigenvalue weighted by Crippen LogP contribution is 2.38. The van der Waals surface area contributed by atoms with Gasteiger partial charge in [-0.3, -0.25) is 4.79 Å². The van der Waals surface area contributed by atoms with Crippen LogP contribution in [0, 0.1) is 17.6 Å². The van der Waals surface area contributed by atoms with Gasteiger partial charge in [0.05, 0.1) is 5.56 Å². The number of carbonyl (C=O) groups is 1. The molecule has 1 aromatic carbocycles. The second kappa shape index (κ2) is 9.81. The zero-order valence-corrected chi connectivity index (χ0v) is 20.9. The minimum Gasteiger partial charge on any atom is -0.473 e. The molecule has 1 atom stereocenters. The summed E-state index contributed by atoms with van der Waals surface area (Å²) >= 11 is 0. The summed E-state index contributed by atoms with van der Waals surface area (Å²) in [6.07, 6.45) is 2.49. The molecule has 0 spiro atoms. The van der Waals surface area contributed by atoms with Gasteiger partial charge < -0.3 is 9.64 Å². The Morgan fingerprint density at radius 1 is 1.17 bits per heavy atom. The van der Waals surface area contributed by atoms with Gasteiger partial charge in [0.15, 0.2) is 16.7 Å². The van der Waals surface area contributed by atoms with Crippen LogP contribution in [-0.4, -0.2) is 36.4 Å². The highest BCUT2D eigenvalue weighted by atomic mass is 32.2. The molecule has 8 nitrogen and oxygen atoms in total. The zero-order valence-electron chi connectivity index (χ0n) is 20.0. The molecule has 0 saturated carbocycles. The Bertz CT molecular complexity index is 1400. The topological polar surface area (TPSA) is 101 Å². The number of pyridine rings is 2. The zero-order chi connectivity index (χ0) is 26.1. The normalized spacial score (nSPS) is 17.1. The second-order valence-electron chi connectivity index (χ2n) is 9.16. The van der Waals surface area contributed by atoms with Gasteiger partial charge in [0, 0.05) is 24.3 Å². The molecule has 1 amide bonds. The summed E-state index contributed by atoms with van der Waals surface area (Å²) < 4.78 is 59.9. The lowest BCUT2D eigenvalue weighted by Gasteiger charge is -2.36. The molecule has 3 heterocycles. The van der Waals surface area contributed by atoms with Crippen molar-refractivity contribution in [2.45, 2.75) is 44.4 Å². The predicted octanol–water partition coefficient (Wildman–Crippen LogP) is 4.08.